The van der Waals surface area contributed by atoms with Crippen LogP contribution in [0.5, 0.6) is 0 Å². The Hall–Kier alpha value is -0.910. The van der Waals surface area contributed by atoms with Crippen molar-refractivity contribution in [1.82, 2.24) is 9.78 Å². The molecule has 0 aromatic carbocycles. The number of methoxy groups -OCH3 is 2. The van der Waals surface area contributed by atoms with E-state index in [9.17, 15) is 5.11 Å². The minimum absolute atomic E-state index is 0.538. The third-order valence-electron chi connectivity index (χ3n) is 1.76. The van der Waals surface area contributed by atoms with Crippen LogP contribution in [0, 0.1) is 0 Å². The van der Waals surface area contributed by atoms with Gasteiger partial charge in [-0.25, -0.2) is 0 Å². The molecule has 0 saturated carbocycles. The molecule has 1 heterocycles. The third kappa shape index (κ3) is 2.27. The summed E-state index contributed by atoms with van der Waals surface area (Å²) in [6, 6.07) is 1.72. The van der Waals surface area contributed by atoms with Gasteiger partial charge in [0.15, 0.2) is 6.29 Å². The summed E-state index contributed by atoms with van der Waals surface area (Å²) in [5.41, 5.74) is 0.538. The second-order valence-electron chi connectivity index (χ2n) is 2.70. The fraction of sp³-hybridized carbons (Fsp3) is 0.625. The number of aryl methyl sites for hydroxylation is 1. The lowest BCUT2D eigenvalue weighted by Crippen LogP contribution is -2.23. The van der Waals surface area contributed by atoms with Gasteiger partial charge in [0, 0.05) is 27.5 Å². The first-order valence-electron chi connectivity index (χ1n) is 3.92. The molecule has 0 spiro atoms. The molecule has 5 nitrogen and oxygen atoms in total. The highest BCUT2D eigenvalue weighted by molar-refractivity contribution is 5.03. The molecule has 0 aliphatic carbocycles. The van der Waals surface area contributed by atoms with E-state index in [4.69, 9.17) is 9.47 Å². The van der Waals surface area contributed by atoms with Crippen molar-refractivity contribution in [2.24, 2.45) is 7.05 Å². The molecule has 1 aromatic rings. The Kier molecular flexibility index (Phi) is 3.41. The third-order valence-corrected chi connectivity index (χ3v) is 1.76. The van der Waals surface area contributed by atoms with Crippen LogP contribution in [0.15, 0.2) is 12.3 Å². The second kappa shape index (κ2) is 4.36. The van der Waals surface area contributed by atoms with Crippen molar-refractivity contribution in [3.63, 3.8) is 0 Å². The number of aliphatic hydroxyl groups excluding tert-OH is 1. The van der Waals surface area contributed by atoms with Gasteiger partial charge in [-0.1, -0.05) is 0 Å². The maximum atomic E-state index is 9.67. The van der Waals surface area contributed by atoms with Crippen molar-refractivity contribution >= 4 is 0 Å². The molecule has 1 rings (SSSR count). The zero-order valence-electron chi connectivity index (χ0n) is 7.97. The van der Waals surface area contributed by atoms with Crippen LogP contribution in [0.1, 0.15) is 11.8 Å². The lowest BCUT2D eigenvalue weighted by molar-refractivity contribution is -0.167. The monoisotopic (exact) mass is 186 g/mol. The first-order chi connectivity index (χ1) is 6.19. The highest BCUT2D eigenvalue weighted by Crippen LogP contribution is 2.16. The predicted octanol–water partition coefficient (Wildman–Crippen LogP) is 0.0724. The Morgan fingerprint density at radius 1 is 1.46 bits per heavy atom. The number of ether oxygens (including phenoxy) is 2. The topological polar surface area (TPSA) is 56.5 Å². The summed E-state index contributed by atoms with van der Waals surface area (Å²) in [7, 11) is 4.73. The van der Waals surface area contributed by atoms with E-state index in [0.29, 0.717) is 5.69 Å². The van der Waals surface area contributed by atoms with Crippen LogP contribution in [0.25, 0.3) is 0 Å². The van der Waals surface area contributed by atoms with Crippen molar-refractivity contribution in [2.75, 3.05) is 14.2 Å². The van der Waals surface area contributed by atoms with Gasteiger partial charge in [0.1, 0.15) is 6.10 Å². The number of aromatic nitrogens is 2. The molecule has 0 saturated heterocycles. The van der Waals surface area contributed by atoms with E-state index >= 15 is 0 Å². The molecular weight excluding hydrogens is 172 g/mol. The van der Waals surface area contributed by atoms with E-state index in [-0.39, 0.29) is 0 Å². The van der Waals surface area contributed by atoms with Gasteiger partial charge in [-0.2, -0.15) is 5.10 Å². The van der Waals surface area contributed by atoms with Gasteiger partial charge in [-0.3, -0.25) is 4.68 Å². The summed E-state index contributed by atoms with van der Waals surface area (Å²) < 4.78 is 11.4. The number of hydrogen-bond donors (Lipinski definition) is 1. The maximum Gasteiger partial charge on any atom is 0.188 e. The highest BCUT2D eigenvalue weighted by Gasteiger charge is 2.21. The average Bonchev–Trinajstić information content (AvgIpc) is 2.54. The predicted molar refractivity (Wildman–Crippen MR) is 46.0 cm³/mol. The van der Waals surface area contributed by atoms with E-state index in [0.717, 1.165) is 0 Å². The fourth-order valence-electron chi connectivity index (χ4n) is 1.08. The molecular formula is C8H14N2O3. The van der Waals surface area contributed by atoms with Crippen molar-refractivity contribution in [3.8, 4) is 0 Å². The first-order valence-corrected chi connectivity index (χ1v) is 3.92. The Labute approximate surface area is 76.9 Å². The molecule has 1 atom stereocenters. The molecule has 0 aliphatic rings. The molecule has 0 bridgehead atoms. The molecule has 0 aliphatic heterocycles. The molecule has 13 heavy (non-hydrogen) atoms. The Morgan fingerprint density at radius 3 is 2.46 bits per heavy atom. The summed E-state index contributed by atoms with van der Waals surface area (Å²) >= 11 is 0. The molecule has 1 aromatic heterocycles. The quantitative estimate of drug-likeness (QED) is 0.676. The van der Waals surface area contributed by atoms with Crippen LogP contribution < -0.4 is 0 Å². The normalized spacial score (nSPS) is 13.6. The van der Waals surface area contributed by atoms with Crippen LogP contribution in [-0.4, -0.2) is 35.4 Å². The van der Waals surface area contributed by atoms with Crippen molar-refractivity contribution < 1.29 is 14.6 Å². The van der Waals surface area contributed by atoms with Gasteiger partial charge in [0.25, 0.3) is 0 Å². The first kappa shape index (κ1) is 10.2. The minimum atomic E-state index is -0.851. The molecule has 74 valence electrons. The van der Waals surface area contributed by atoms with Crippen molar-refractivity contribution in [3.05, 3.63) is 18.0 Å². The van der Waals surface area contributed by atoms with Gasteiger partial charge in [0.2, 0.25) is 0 Å². The highest BCUT2D eigenvalue weighted by atomic mass is 16.7. The second-order valence-corrected chi connectivity index (χ2v) is 2.70. The van der Waals surface area contributed by atoms with Gasteiger partial charge >= 0.3 is 0 Å². The van der Waals surface area contributed by atoms with Crippen molar-refractivity contribution in [1.29, 1.82) is 0 Å². The minimum Gasteiger partial charge on any atom is -0.381 e. The average molecular weight is 186 g/mol. The van der Waals surface area contributed by atoms with Crippen LogP contribution >= 0.6 is 0 Å². The Balaban J connectivity index is 2.71. The summed E-state index contributed by atoms with van der Waals surface area (Å²) in [6.45, 7) is 0. The summed E-state index contributed by atoms with van der Waals surface area (Å²) in [5, 5.41) is 13.7. The lowest BCUT2D eigenvalue weighted by Gasteiger charge is -2.17. The van der Waals surface area contributed by atoms with Gasteiger partial charge in [-0.15, -0.1) is 0 Å². The van der Waals surface area contributed by atoms with E-state index in [1.807, 2.05) is 0 Å². The molecule has 0 amide bonds. The van der Waals surface area contributed by atoms with E-state index in [1.165, 1.54) is 14.2 Å². The zero-order valence-corrected chi connectivity index (χ0v) is 7.97. The van der Waals surface area contributed by atoms with Gasteiger partial charge in [0.05, 0.1) is 5.69 Å². The molecule has 1 N–H and O–H groups in total. The number of rotatable bonds is 4. The SMILES string of the molecule is COC(OC)C(O)c1ccn(C)n1. The number of hydrogen-bond acceptors (Lipinski definition) is 4. The van der Waals surface area contributed by atoms with Crippen LogP contribution in [0.4, 0.5) is 0 Å². The van der Waals surface area contributed by atoms with Gasteiger partial charge < -0.3 is 14.6 Å². The molecule has 1 unspecified atom stereocenters. The van der Waals surface area contributed by atoms with Crippen LogP contribution in [0.3, 0.4) is 0 Å². The summed E-state index contributed by atoms with van der Waals surface area (Å²) in [6.07, 6.45) is 0.229. The molecule has 0 fully saturated rings. The smallest absolute Gasteiger partial charge is 0.188 e. The van der Waals surface area contributed by atoms with Crippen LogP contribution in [-0.2, 0) is 16.5 Å². The zero-order chi connectivity index (χ0) is 9.84. The standard InChI is InChI=1S/C8H14N2O3/c1-10-5-4-6(9-10)7(11)8(12-2)13-3/h4-5,7-8,11H,1-3H3. The largest absolute Gasteiger partial charge is 0.381 e. The van der Waals surface area contributed by atoms with E-state index in [2.05, 4.69) is 5.10 Å². The molecule has 5 heteroatoms. The summed E-state index contributed by atoms with van der Waals surface area (Å²) in [4.78, 5) is 0. The number of aliphatic hydroxyl groups is 1. The number of nitrogens with zero attached hydrogens (tertiary/aromatic N) is 2. The Bertz CT molecular complexity index is 258. The van der Waals surface area contributed by atoms with Crippen molar-refractivity contribution in [2.45, 2.75) is 12.4 Å². The summed E-state index contributed by atoms with van der Waals surface area (Å²) in [5.74, 6) is 0. The molecule has 0 radical (unpaired) electrons. The Morgan fingerprint density at radius 2 is 2.08 bits per heavy atom. The fourth-order valence-corrected chi connectivity index (χ4v) is 1.08. The van der Waals surface area contributed by atoms with Gasteiger partial charge in [-0.05, 0) is 6.07 Å². The van der Waals surface area contributed by atoms with E-state index in [1.54, 1.807) is 24.0 Å². The van der Waals surface area contributed by atoms with E-state index < -0.39 is 12.4 Å². The lowest BCUT2D eigenvalue weighted by atomic mass is 10.2. The van der Waals surface area contributed by atoms with Crippen LogP contribution in [0.2, 0.25) is 0 Å². The maximum absolute atomic E-state index is 9.67.